The summed E-state index contributed by atoms with van der Waals surface area (Å²) < 4.78 is 3.92. The highest BCUT2D eigenvalue weighted by atomic mass is 16.2. The Kier molecular flexibility index (Phi) is 5.75. The normalized spacial score (nSPS) is 17.0. The average Bonchev–Trinajstić information content (AvgIpc) is 3.41. The molecule has 3 aromatic heterocycles. The van der Waals surface area contributed by atoms with Crippen LogP contribution in [0.1, 0.15) is 43.1 Å². The first-order valence-electron chi connectivity index (χ1n) is 9.81. The number of carbonyl (C=O) groups excluding carboxylic acids is 1. The van der Waals surface area contributed by atoms with Crippen LogP contribution in [0.15, 0.2) is 49.4 Å². The number of rotatable bonds is 7. The minimum absolute atomic E-state index is 0.215. The van der Waals surface area contributed by atoms with E-state index < -0.39 is 0 Å². The predicted octanol–water partition coefficient (Wildman–Crippen LogP) is 2.10. The summed E-state index contributed by atoms with van der Waals surface area (Å²) in [6, 6.07) is 5.95. The standard InChI is InChI=1S/C20H25N7O/c28-19(7-4-11-27-16-21-15-24-27)25-10-3-5-17(13-25)20-23-9-12-26(20)14-18-6-1-2-8-22-18/h1-2,6,8-9,12,15-17H,3-5,7,10-11,13-14H2/t17-/m0/s1. The Balaban J connectivity index is 1.35. The molecule has 0 aliphatic carbocycles. The molecule has 1 saturated heterocycles. The first-order chi connectivity index (χ1) is 13.8. The van der Waals surface area contributed by atoms with Gasteiger partial charge in [0.1, 0.15) is 18.5 Å². The van der Waals surface area contributed by atoms with E-state index in [2.05, 4.69) is 24.6 Å². The maximum Gasteiger partial charge on any atom is 0.222 e. The van der Waals surface area contributed by atoms with E-state index in [1.807, 2.05) is 41.7 Å². The lowest BCUT2D eigenvalue weighted by atomic mass is 9.96. The Morgan fingerprint density at radius 1 is 1.21 bits per heavy atom. The summed E-state index contributed by atoms with van der Waals surface area (Å²) in [7, 11) is 0. The van der Waals surface area contributed by atoms with Crippen molar-refractivity contribution in [2.45, 2.75) is 44.7 Å². The van der Waals surface area contributed by atoms with E-state index in [1.54, 1.807) is 11.0 Å². The number of hydrogen-bond donors (Lipinski definition) is 0. The summed E-state index contributed by atoms with van der Waals surface area (Å²) in [5, 5.41) is 4.08. The smallest absolute Gasteiger partial charge is 0.222 e. The fourth-order valence-electron chi connectivity index (χ4n) is 3.79. The van der Waals surface area contributed by atoms with Crippen LogP contribution in [-0.2, 0) is 17.9 Å². The summed E-state index contributed by atoms with van der Waals surface area (Å²) in [5.41, 5.74) is 1.01. The number of piperidine rings is 1. The number of carbonyl (C=O) groups is 1. The number of imidazole rings is 1. The molecular formula is C20H25N7O. The monoisotopic (exact) mass is 379 g/mol. The Hall–Kier alpha value is -3.03. The van der Waals surface area contributed by atoms with Crippen molar-refractivity contribution >= 4 is 5.91 Å². The first kappa shape index (κ1) is 18.3. The average molecular weight is 379 g/mol. The minimum Gasteiger partial charge on any atom is -0.342 e. The summed E-state index contributed by atoms with van der Waals surface area (Å²) in [6.07, 6.45) is 12.2. The summed E-state index contributed by atoms with van der Waals surface area (Å²) in [4.78, 5) is 27.6. The Labute approximate surface area is 164 Å². The molecule has 3 aromatic rings. The Morgan fingerprint density at radius 2 is 2.18 bits per heavy atom. The van der Waals surface area contributed by atoms with Gasteiger partial charge in [0.2, 0.25) is 5.91 Å². The Bertz CT molecular complexity index is 875. The van der Waals surface area contributed by atoms with Gasteiger partial charge in [-0.2, -0.15) is 5.10 Å². The molecule has 0 radical (unpaired) electrons. The zero-order chi connectivity index (χ0) is 19.2. The molecule has 8 nitrogen and oxygen atoms in total. The van der Waals surface area contributed by atoms with Crippen LogP contribution in [0.4, 0.5) is 0 Å². The summed E-state index contributed by atoms with van der Waals surface area (Å²) >= 11 is 0. The van der Waals surface area contributed by atoms with E-state index in [9.17, 15) is 4.79 Å². The molecule has 1 fully saturated rings. The molecule has 28 heavy (non-hydrogen) atoms. The molecule has 1 amide bonds. The largest absolute Gasteiger partial charge is 0.342 e. The second kappa shape index (κ2) is 8.77. The van der Waals surface area contributed by atoms with Gasteiger partial charge < -0.3 is 9.47 Å². The quantitative estimate of drug-likeness (QED) is 0.628. The van der Waals surface area contributed by atoms with E-state index >= 15 is 0 Å². The van der Waals surface area contributed by atoms with Gasteiger partial charge in [-0.05, 0) is 31.4 Å². The highest BCUT2D eigenvalue weighted by Gasteiger charge is 2.27. The topological polar surface area (TPSA) is 81.7 Å². The summed E-state index contributed by atoms with van der Waals surface area (Å²) in [5.74, 6) is 1.53. The third-order valence-electron chi connectivity index (χ3n) is 5.19. The molecule has 0 unspecified atom stereocenters. The number of pyridine rings is 1. The number of aromatic nitrogens is 6. The van der Waals surface area contributed by atoms with Crippen molar-refractivity contribution in [2.75, 3.05) is 13.1 Å². The van der Waals surface area contributed by atoms with Crippen LogP contribution in [-0.4, -0.2) is 53.2 Å². The van der Waals surface area contributed by atoms with Crippen LogP contribution in [0.25, 0.3) is 0 Å². The van der Waals surface area contributed by atoms with Gasteiger partial charge in [-0.25, -0.2) is 9.97 Å². The van der Waals surface area contributed by atoms with Gasteiger partial charge in [0.25, 0.3) is 0 Å². The molecule has 0 spiro atoms. The molecule has 0 saturated carbocycles. The first-order valence-corrected chi connectivity index (χ1v) is 9.81. The second-order valence-corrected chi connectivity index (χ2v) is 7.18. The molecule has 0 bridgehead atoms. The van der Waals surface area contributed by atoms with Crippen LogP contribution in [0.2, 0.25) is 0 Å². The molecule has 8 heteroatoms. The van der Waals surface area contributed by atoms with Gasteiger partial charge in [-0.1, -0.05) is 6.07 Å². The molecule has 1 atom stereocenters. The number of hydrogen-bond acceptors (Lipinski definition) is 5. The van der Waals surface area contributed by atoms with Gasteiger partial charge in [0.05, 0.1) is 12.2 Å². The van der Waals surface area contributed by atoms with E-state index in [1.165, 1.54) is 6.33 Å². The van der Waals surface area contributed by atoms with E-state index in [4.69, 9.17) is 0 Å². The van der Waals surface area contributed by atoms with Crippen molar-refractivity contribution in [3.63, 3.8) is 0 Å². The zero-order valence-corrected chi connectivity index (χ0v) is 15.9. The molecule has 1 aliphatic rings. The van der Waals surface area contributed by atoms with E-state index in [-0.39, 0.29) is 11.8 Å². The third-order valence-corrected chi connectivity index (χ3v) is 5.19. The molecule has 146 valence electrons. The fraction of sp³-hybridized carbons (Fsp3) is 0.450. The zero-order valence-electron chi connectivity index (χ0n) is 15.9. The lowest BCUT2D eigenvalue weighted by molar-refractivity contribution is -0.132. The number of nitrogens with zero attached hydrogens (tertiary/aromatic N) is 7. The molecule has 4 heterocycles. The molecule has 0 aromatic carbocycles. The van der Waals surface area contributed by atoms with Gasteiger partial charge in [-0.3, -0.25) is 14.5 Å². The maximum absolute atomic E-state index is 12.7. The number of likely N-dealkylation sites (tertiary alicyclic amines) is 1. The van der Waals surface area contributed by atoms with Crippen LogP contribution >= 0.6 is 0 Å². The minimum atomic E-state index is 0.215. The van der Waals surface area contributed by atoms with Crippen molar-refractivity contribution in [3.8, 4) is 0 Å². The van der Waals surface area contributed by atoms with Crippen molar-refractivity contribution < 1.29 is 4.79 Å². The van der Waals surface area contributed by atoms with Crippen LogP contribution in [0, 0.1) is 0 Å². The SMILES string of the molecule is O=C(CCCn1cncn1)N1CCC[C@H](c2nccn2Cc2ccccn2)C1. The van der Waals surface area contributed by atoms with Crippen molar-refractivity contribution in [1.29, 1.82) is 0 Å². The second-order valence-electron chi connectivity index (χ2n) is 7.18. The molecule has 0 N–H and O–H groups in total. The fourth-order valence-corrected chi connectivity index (χ4v) is 3.79. The Morgan fingerprint density at radius 3 is 3.00 bits per heavy atom. The lowest BCUT2D eigenvalue weighted by Crippen LogP contribution is -2.39. The maximum atomic E-state index is 12.7. The summed E-state index contributed by atoms with van der Waals surface area (Å²) in [6.45, 7) is 3.00. The van der Waals surface area contributed by atoms with E-state index in [0.717, 1.165) is 50.4 Å². The van der Waals surface area contributed by atoms with Crippen LogP contribution < -0.4 is 0 Å². The van der Waals surface area contributed by atoms with Gasteiger partial charge in [0, 0.05) is 50.6 Å². The highest BCUT2D eigenvalue weighted by Crippen LogP contribution is 2.26. The van der Waals surface area contributed by atoms with Gasteiger partial charge in [-0.15, -0.1) is 0 Å². The number of amides is 1. The third kappa shape index (κ3) is 4.44. The predicted molar refractivity (Wildman–Crippen MR) is 103 cm³/mol. The van der Waals surface area contributed by atoms with Crippen LogP contribution in [0.3, 0.4) is 0 Å². The van der Waals surface area contributed by atoms with Gasteiger partial charge >= 0.3 is 0 Å². The lowest BCUT2D eigenvalue weighted by Gasteiger charge is -2.32. The highest BCUT2D eigenvalue weighted by molar-refractivity contribution is 5.76. The number of aryl methyl sites for hydroxylation is 1. The van der Waals surface area contributed by atoms with Crippen molar-refractivity contribution in [2.24, 2.45) is 0 Å². The van der Waals surface area contributed by atoms with Crippen molar-refractivity contribution in [1.82, 2.24) is 34.2 Å². The molecular weight excluding hydrogens is 354 g/mol. The van der Waals surface area contributed by atoms with E-state index in [0.29, 0.717) is 13.0 Å². The van der Waals surface area contributed by atoms with Crippen molar-refractivity contribution in [3.05, 3.63) is 61.0 Å². The molecule has 4 rings (SSSR count). The molecule has 1 aliphatic heterocycles. The van der Waals surface area contributed by atoms with Crippen LogP contribution in [0.5, 0.6) is 0 Å². The van der Waals surface area contributed by atoms with Gasteiger partial charge in [0.15, 0.2) is 0 Å².